The van der Waals surface area contributed by atoms with Gasteiger partial charge < -0.3 is 4.74 Å². The van der Waals surface area contributed by atoms with E-state index < -0.39 is 12.0 Å². The minimum atomic E-state index is -2.91. The summed E-state index contributed by atoms with van der Waals surface area (Å²) in [5.41, 5.74) is 0. The highest BCUT2D eigenvalue weighted by molar-refractivity contribution is 4.77. The molecule has 3 heteroatoms. The van der Waals surface area contributed by atoms with Crippen molar-refractivity contribution in [2.45, 2.75) is 64.4 Å². The molecule has 1 aliphatic rings. The van der Waals surface area contributed by atoms with Gasteiger partial charge in [-0.25, -0.2) is 0 Å². The molecule has 0 amide bonds. The molecule has 0 aromatic carbocycles. The number of alkyl halides is 2. The van der Waals surface area contributed by atoms with Crippen LogP contribution >= 0.6 is 0 Å². The Labute approximate surface area is 97.6 Å². The van der Waals surface area contributed by atoms with Crippen molar-refractivity contribution in [2.24, 2.45) is 11.8 Å². The summed E-state index contributed by atoms with van der Waals surface area (Å²) in [6, 6.07) is 0. The molecule has 0 heterocycles. The molecule has 0 aromatic heterocycles. The van der Waals surface area contributed by atoms with Crippen LogP contribution in [0.15, 0.2) is 0 Å². The molecule has 1 fully saturated rings. The van der Waals surface area contributed by atoms with E-state index >= 15 is 0 Å². The molecule has 0 aliphatic heterocycles. The van der Waals surface area contributed by atoms with E-state index in [-0.39, 0.29) is 0 Å². The zero-order chi connectivity index (χ0) is 12.0. The molecule has 1 aliphatic carbocycles. The maximum absolute atomic E-state index is 13.2. The first-order valence-electron chi connectivity index (χ1n) is 6.53. The van der Waals surface area contributed by atoms with Gasteiger partial charge in [0.25, 0.3) is 0 Å². The van der Waals surface area contributed by atoms with Crippen LogP contribution in [0.4, 0.5) is 8.78 Å². The van der Waals surface area contributed by atoms with Crippen LogP contribution in [0, 0.1) is 11.8 Å². The predicted octanol–water partition coefficient (Wildman–Crippen LogP) is 4.61. The third-order valence-corrected chi connectivity index (χ3v) is 3.81. The van der Waals surface area contributed by atoms with Crippen LogP contribution in [0.1, 0.15) is 58.3 Å². The Bertz CT molecular complexity index is 186. The summed E-state index contributed by atoms with van der Waals surface area (Å²) in [6.07, 6.45) is 5.22. The predicted molar refractivity (Wildman–Crippen MR) is 61.5 cm³/mol. The molecule has 0 atom stereocenters. The third-order valence-electron chi connectivity index (χ3n) is 3.81. The Morgan fingerprint density at radius 3 is 2.25 bits per heavy atom. The van der Waals surface area contributed by atoms with Crippen LogP contribution < -0.4 is 0 Å². The third kappa shape index (κ3) is 4.00. The van der Waals surface area contributed by atoms with Gasteiger partial charge in [-0.1, -0.05) is 32.6 Å². The van der Waals surface area contributed by atoms with Crippen molar-refractivity contribution in [3.8, 4) is 0 Å². The molecule has 0 N–H and O–H groups in total. The standard InChI is InChI=1S/C13H24F2O/c1-3-4-5-6-11-7-9-12(10-8-11)13(14,15)16-2/h11-12H,3-10H2,1-2H3. The zero-order valence-electron chi connectivity index (χ0n) is 10.5. The highest BCUT2D eigenvalue weighted by Gasteiger charge is 2.41. The first-order valence-corrected chi connectivity index (χ1v) is 6.53. The van der Waals surface area contributed by atoms with Gasteiger partial charge >= 0.3 is 6.11 Å². The Balaban J connectivity index is 2.23. The summed E-state index contributed by atoms with van der Waals surface area (Å²) in [7, 11) is 1.10. The molecule has 0 unspecified atom stereocenters. The average molecular weight is 234 g/mol. The Hall–Kier alpha value is -0.180. The molecule has 1 saturated carbocycles. The smallest absolute Gasteiger partial charge is 0.324 e. The van der Waals surface area contributed by atoms with E-state index in [4.69, 9.17) is 0 Å². The largest absolute Gasteiger partial charge is 0.358 e. The van der Waals surface area contributed by atoms with E-state index in [1.165, 1.54) is 25.7 Å². The van der Waals surface area contributed by atoms with Gasteiger partial charge in [-0.05, 0) is 31.6 Å². The fourth-order valence-corrected chi connectivity index (χ4v) is 2.64. The molecular weight excluding hydrogens is 210 g/mol. The van der Waals surface area contributed by atoms with Crippen molar-refractivity contribution in [1.82, 2.24) is 0 Å². The van der Waals surface area contributed by atoms with Gasteiger partial charge in [0.2, 0.25) is 0 Å². The lowest BCUT2D eigenvalue weighted by Crippen LogP contribution is -2.33. The van der Waals surface area contributed by atoms with Crippen LogP contribution in [-0.4, -0.2) is 13.2 Å². The monoisotopic (exact) mass is 234 g/mol. The van der Waals surface area contributed by atoms with Crippen molar-refractivity contribution in [1.29, 1.82) is 0 Å². The summed E-state index contributed by atoms with van der Waals surface area (Å²) >= 11 is 0. The molecule has 0 aromatic rings. The van der Waals surface area contributed by atoms with Gasteiger partial charge in [-0.2, -0.15) is 8.78 Å². The van der Waals surface area contributed by atoms with Crippen molar-refractivity contribution < 1.29 is 13.5 Å². The van der Waals surface area contributed by atoms with Gasteiger partial charge in [0.15, 0.2) is 0 Å². The van der Waals surface area contributed by atoms with Gasteiger partial charge in [0.05, 0.1) is 5.92 Å². The van der Waals surface area contributed by atoms with Gasteiger partial charge in [-0.15, -0.1) is 0 Å². The molecule has 0 radical (unpaired) electrons. The van der Waals surface area contributed by atoms with Crippen LogP contribution in [0.5, 0.6) is 0 Å². The van der Waals surface area contributed by atoms with Crippen molar-refractivity contribution in [3.63, 3.8) is 0 Å². The molecule has 1 nitrogen and oxygen atoms in total. The van der Waals surface area contributed by atoms with E-state index in [1.807, 2.05) is 0 Å². The number of ether oxygens (including phenoxy) is 1. The first-order chi connectivity index (χ1) is 7.60. The normalized spacial score (nSPS) is 27.0. The number of methoxy groups -OCH3 is 1. The van der Waals surface area contributed by atoms with Gasteiger partial charge in [0.1, 0.15) is 0 Å². The van der Waals surface area contributed by atoms with E-state index in [0.717, 1.165) is 20.0 Å². The SMILES string of the molecule is CCCCCC1CCC(C(F)(F)OC)CC1. The van der Waals surface area contributed by atoms with Crippen LogP contribution in [-0.2, 0) is 4.74 Å². The average Bonchev–Trinajstić information content (AvgIpc) is 2.30. The summed E-state index contributed by atoms with van der Waals surface area (Å²) in [4.78, 5) is 0. The Kier molecular flexibility index (Phi) is 5.67. The summed E-state index contributed by atoms with van der Waals surface area (Å²) in [5, 5.41) is 0. The maximum atomic E-state index is 13.2. The summed E-state index contributed by atoms with van der Waals surface area (Å²) < 4.78 is 30.8. The first kappa shape index (κ1) is 13.9. The van der Waals surface area contributed by atoms with E-state index in [0.29, 0.717) is 18.8 Å². The lowest BCUT2D eigenvalue weighted by atomic mass is 9.79. The van der Waals surface area contributed by atoms with Crippen LogP contribution in [0.25, 0.3) is 0 Å². The molecule has 0 bridgehead atoms. The lowest BCUT2D eigenvalue weighted by molar-refractivity contribution is -0.262. The van der Waals surface area contributed by atoms with Crippen molar-refractivity contribution in [3.05, 3.63) is 0 Å². The van der Waals surface area contributed by atoms with Crippen molar-refractivity contribution in [2.75, 3.05) is 7.11 Å². The van der Waals surface area contributed by atoms with Crippen LogP contribution in [0.3, 0.4) is 0 Å². The number of rotatable bonds is 6. The van der Waals surface area contributed by atoms with Gasteiger partial charge in [0, 0.05) is 7.11 Å². The second kappa shape index (κ2) is 6.53. The second-order valence-electron chi connectivity index (χ2n) is 4.98. The highest BCUT2D eigenvalue weighted by Crippen LogP contribution is 2.40. The number of halogens is 2. The minimum Gasteiger partial charge on any atom is -0.324 e. The van der Waals surface area contributed by atoms with Gasteiger partial charge in [-0.3, -0.25) is 0 Å². The summed E-state index contributed by atoms with van der Waals surface area (Å²) in [5.74, 6) is 0.121. The number of hydrogen-bond acceptors (Lipinski definition) is 1. The molecule has 1 rings (SSSR count). The van der Waals surface area contributed by atoms with Crippen molar-refractivity contribution >= 4 is 0 Å². The Morgan fingerprint density at radius 1 is 1.12 bits per heavy atom. The number of hydrogen-bond donors (Lipinski definition) is 0. The van der Waals surface area contributed by atoms with E-state index in [9.17, 15) is 8.78 Å². The molecule has 0 saturated heterocycles. The quantitative estimate of drug-likeness (QED) is 0.610. The fraction of sp³-hybridized carbons (Fsp3) is 1.00. The van der Waals surface area contributed by atoms with E-state index in [2.05, 4.69) is 11.7 Å². The highest BCUT2D eigenvalue weighted by atomic mass is 19.3. The van der Waals surface area contributed by atoms with Crippen LogP contribution in [0.2, 0.25) is 0 Å². The van der Waals surface area contributed by atoms with E-state index in [1.54, 1.807) is 0 Å². The zero-order valence-corrected chi connectivity index (χ0v) is 10.5. The summed E-state index contributed by atoms with van der Waals surface area (Å²) in [6.45, 7) is 2.19. The molecule has 16 heavy (non-hydrogen) atoms. The molecular formula is C13H24F2O. The maximum Gasteiger partial charge on any atom is 0.358 e. The second-order valence-corrected chi connectivity index (χ2v) is 4.98. The Morgan fingerprint density at radius 2 is 1.75 bits per heavy atom. The molecule has 96 valence electrons. The fourth-order valence-electron chi connectivity index (χ4n) is 2.64. The number of unbranched alkanes of at least 4 members (excludes halogenated alkanes) is 2. The minimum absolute atomic E-state index is 0.556. The topological polar surface area (TPSA) is 9.23 Å². The lowest BCUT2D eigenvalue weighted by Gasteiger charge is -2.32. The molecule has 0 spiro atoms.